The van der Waals surface area contributed by atoms with Crippen molar-refractivity contribution in [2.24, 2.45) is 0 Å². The van der Waals surface area contributed by atoms with Gasteiger partial charge in [0, 0.05) is 0 Å². The van der Waals surface area contributed by atoms with Crippen LogP contribution < -0.4 is 24.8 Å². The van der Waals surface area contributed by atoms with Crippen LogP contribution in [0.1, 0.15) is 40.5 Å². The number of furan rings is 1. The first-order valence-electron chi connectivity index (χ1n) is 14.9. The van der Waals surface area contributed by atoms with Gasteiger partial charge in [0.2, 0.25) is 0 Å². The third-order valence-corrected chi connectivity index (χ3v) is 8.68. The van der Waals surface area contributed by atoms with Gasteiger partial charge in [-0.15, -0.1) is 57.4 Å². The zero-order valence-electron chi connectivity index (χ0n) is 26.8. The zero-order chi connectivity index (χ0) is 29.4. The first kappa shape index (κ1) is 36.3. The Bertz CT molecular complexity index is 2010. The summed E-state index contributed by atoms with van der Waals surface area (Å²) < 4.78 is 5.81. The standard InChI is InChI=1S/C22H19O.C19H19.2ClH.Zr/c1-14-11-18-12-19(21-10-9-15(2)23-21)13-20(18)22(16(14)3)17-7-5-4-6-8-17;1-4-15-11-17-10-13(2)14(3)19(18(17)12-15)16-8-6-5-7-9-16;;;/h4-13H,1-3H3;5-12H,4H2,1-3H3;2*1H;/q2*-1;;;+4/p-2. The first-order valence-corrected chi connectivity index (χ1v) is 14.9. The second kappa shape index (κ2) is 15.4. The minimum atomic E-state index is 0. The fourth-order valence-corrected chi connectivity index (χ4v) is 6.16. The van der Waals surface area contributed by atoms with Crippen LogP contribution >= 0.6 is 0 Å². The van der Waals surface area contributed by atoms with Gasteiger partial charge in [-0.3, -0.25) is 0 Å². The molecule has 226 valence electrons. The SMILES string of the molecule is CCc1cc2c(-c3ccccc3)c(C)c(C)cc2[cH-]1.Cc1ccc(-c2cc3c(-c4ccccc4)c(C)c(C)cc3[cH-]2)o1.[Cl-].[Cl-].[Zr+4]. The van der Waals surface area contributed by atoms with Crippen LogP contribution in [0.15, 0.2) is 114 Å². The second-order valence-electron chi connectivity index (χ2n) is 11.5. The molecule has 1 nitrogen and oxygen atoms in total. The molecule has 6 aromatic carbocycles. The van der Waals surface area contributed by atoms with Crippen molar-refractivity contribution in [3.05, 3.63) is 143 Å². The van der Waals surface area contributed by atoms with Gasteiger partial charge in [-0.05, 0) is 69.9 Å². The molecular formula is C41H38Cl2OZr. The summed E-state index contributed by atoms with van der Waals surface area (Å²) >= 11 is 0. The van der Waals surface area contributed by atoms with E-state index in [1.54, 1.807) is 0 Å². The number of rotatable bonds is 4. The summed E-state index contributed by atoms with van der Waals surface area (Å²) in [7, 11) is 0. The number of fused-ring (bicyclic) bond motifs is 2. The molecule has 45 heavy (non-hydrogen) atoms. The average Bonchev–Trinajstić information content (AvgIpc) is 3.73. The summed E-state index contributed by atoms with van der Waals surface area (Å²) in [4.78, 5) is 0. The maximum absolute atomic E-state index is 5.81. The van der Waals surface area contributed by atoms with Crippen molar-refractivity contribution in [2.45, 2.75) is 48.0 Å². The molecule has 0 saturated carbocycles. The summed E-state index contributed by atoms with van der Waals surface area (Å²) in [6.07, 6.45) is 1.10. The number of halogens is 2. The molecule has 0 aliphatic carbocycles. The summed E-state index contributed by atoms with van der Waals surface area (Å²) in [5, 5.41) is 5.34. The van der Waals surface area contributed by atoms with Crippen molar-refractivity contribution in [1.29, 1.82) is 0 Å². The average molecular weight is 709 g/mol. The number of hydrogen-bond acceptors (Lipinski definition) is 1. The monoisotopic (exact) mass is 706 g/mol. The topological polar surface area (TPSA) is 13.1 Å². The van der Waals surface area contributed by atoms with Crippen LogP contribution in [-0.2, 0) is 32.6 Å². The van der Waals surface area contributed by atoms with E-state index < -0.39 is 0 Å². The van der Waals surface area contributed by atoms with E-state index in [0.29, 0.717) is 0 Å². The van der Waals surface area contributed by atoms with E-state index in [1.165, 1.54) is 71.6 Å². The van der Waals surface area contributed by atoms with E-state index in [2.05, 4.69) is 132 Å². The van der Waals surface area contributed by atoms with Crippen molar-refractivity contribution < 1.29 is 55.4 Å². The van der Waals surface area contributed by atoms with Crippen LogP contribution in [0.3, 0.4) is 0 Å². The van der Waals surface area contributed by atoms with Gasteiger partial charge < -0.3 is 29.2 Å². The van der Waals surface area contributed by atoms with Crippen LogP contribution in [0.5, 0.6) is 0 Å². The van der Waals surface area contributed by atoms with E-state index in [-0.39, 0.29) is 51.0 Å². The van der Waals surface area contributed by atoms with E-state index in [1.807, 2.05) is 19.1 Å². The molecule has 0 radical (unpaired) electrons. The maximum Gasteiger partial charge on any atom is 4.00 e. The smallest absolute Gasteiger partial charge is 1.00 e. The van der Waals surface area contributed by atoms with Crippen molar-refractivity contribution in [1.82, 2.24) is 0 Å². The van der Waals surface area contributed by atoms with Gasteiger partial charge in [0.15, 0.2) is 0 Å². The molecule has 0 spiro atoms. The predicted molar refractivity (Wildman–Crippen MR) is 181 cm³/mol. The summed E-state index contributed by atoms with van der Waals surface area (Å²) in [6, 6.07) is 39.2. The third kappa shape index (κ3) is 7.31. The fourth-order valence-electron chi connectivity index (χ4n) is 6.16. The minimum absolute atomic E-state index is 0. The van der Waals surface area contributed by atoms with Gasteiger partial charge in [-0.2, -0.15) is 6.07 Å². The van der Waals surface area contributed by atoms with Crippen LogP contribution in [0.25, 0.3) is 55.1 Å². The molecule has 0 aliphatic heterocycles. The number of hydrogen-bond donors (Lipinski definition) is 0. The van der Waals surface area contributed by atoms with Gasteiger partial charge in [0.05, 0.1) is 11.5 Å². The van der Waals surface area contributed by atoms with E-state index in [4.69, 9.17) is 4.42 Å². The van der Waals surface area contributed by atoms with E-state index in [0.717, 1.165) is 23.5 Å². The Balaban J connectivity index is 0.000000234. The molecule has 1 heterocycles. The Morgan fingerprint density at radius 3 is 1.53 bits per heavy atom. The third-order valence-electron chi connectivity index (χ3n) is 8.68. The fraction of sp³-hybridized carbons (Fsp3) is 0.171. The molecule has 0 fully saturated rings. The van der Waals surface area contributed by atoms with Crippen molar-refractivity contribution >= 4 is 21.5 Å². The van der Waals surface area contributed by atoms with Crippen LogP contribution in [0.2, 0.25) is 0 Å². The van der Waals surface area contributed by atoms with E-state index in [9.17, 15) is 0 Å². The van der Waals surface area contributed by atoms with Crippen LogP contribution in [0.4, 0.5) is 0 Å². The van der Waals surface area contributed by atoms with Gasteiger partial charge in [0.1, 0.15) is 0 Å². The Hall–Kier alpha value is -3.16. The Morgan fingerprint density at radius 1 is 0.578 bits per heavy atom. The molecular weight excluding hydrogens is 671 g/mol. The normalized spacial score (nSPS) is 10.4. The van der Waals surface area contributed by atoms with Gasteiger partial charge >= 0.3 is 26.2 Å². The molecule has 0 amide bonds. The Labute approximate surface area is 299 Å². The molecule has 0 aliphatic rings. The van der Waals surface area contributed by atoms with Gasteiger partial charge in [-0.25, -0.2) is 0 Å². The zero-order valence-corrected chi connectivity index (χ0v) is 30.7. The quantitative estimate of drug-likeness (QED) is 0.210. The van der Waals surface area contributed by atoms with Gasteiger partial charge in [0.25, 0.3) is 0 Å². The molecule has 0 atom stereocenters. The molecule has 1 aromatic heterocycles. The second-order valence-corrected chi connectivity index (χ2v) is 11.5. The number of benzene rings is 4. The Morgan fingerprint density at radius 2 is 1.07 bits per heavy atom. The largest absolute Gasteiger partial charge is 4.00 e. The molecule has 7 rings (SSSR count). The maximum atomic E-state index is 5.81. The minimum Gasteiger partial charge on any atom is -1.00 e. The summed E-state index contributed by atoms with van der Waals surface area (Å²) in [5.74, 6) is 1.88. The molecule has 0 N–H and O–H groups in total. The molecule has 0 bridgehead atoms. The van der Waals surface area contributed by atoms with E-state index >= 15 is 0 Å². The Kier molecular flexibility index (Phi) is 12.4. The summed E-state index contributed by atoms with van der Waals surface area (Å²) in [6.45, 7) is 13.0. The molecule has 7 aromatic rings. The number of aryl methyl sites for hydroxylation is 4. The van der Waals surface area contributed by atoms with Gasteiger partial charge in [-0.1, -0.05) is 101 Å². The molecule has 4 heteroatoms. The first-order chi connectivity index (χ1) is 20.3. The van der Waals surface area contributed by atoms with Crippen LogP contribution in [-0.4, -0.2) is 0 Å². The van der Waals surface area contributed by atoms with Crippen molar-refractivity contribution in [3.8, 4) is 33.6 Å². The van der Waals surface area contributed by atoms with Crippen LogP contribution in [0, 0.1) is 34.6 Å². The molecule has 0 unspecified atom stereocenters. The molecule has 0 saturated heterocycles. The van der Waals surface area contributed by atoms with Crippen molar-refractivity contribution in [3.63, 3.8) is 0 Å². The predicted octanol–water partition coefficient (Wildman–Crippen LogP) is 5.82. The van der Waals surface area contributed by atoms with Crippen molar-refractivity contribution in [2.75, 3.05) is 0 Å². The summed E-state index contributed by atoms with van der Waals surface area (Å²) in [5.41, 5.74) is 13.3.